The van der Waals surface area contributed by atoms with Gasteiger partial charge in [0.2, 0.25) is 0 Å². The predicted molar refractivity (Wildman–Crippen MR) is 91.0 cm³/mol. The predicted octanol–water partition coefficient (Wildman–Crippen LogP) is 4.76. The van der Waals surface area contributed by atoms with Crippen LogP contribution in [0.25, 0.3) is 0 Å². The van der Waals surface area contributed by atoms with Crippen LogP contribution in [0.1, 0.15) is 44.9 Å². The second kappa shape index (κ2) is 10.7. The molecule has 20 heavy (non-hydrogen) atoms. The summed E-state index contributed by atoms with van der Waals surface area (Å²) < 4.78 is 5.25. The second-order valence-electron chi connectivity index (χ2n) is 4.71. The lowest BCUT2D eigenvalue weighted by Gasteiger charge is -2.09. The summed E-state index contributed by atoms with van der Waals surface area (Å²) in [7, 11) is 0. The Bertz CT molecular complexity index is 422. The van der Waals surface area contributed by atoms with Crippen LogP contribution in [0.4, 0.5) is 0 Å². The van der Waals surface area contributed by atoms with Gasteiger partial charge in [0.25, 0.3) is 0 Å². The zero-order chi connectivity index (χ0) is 14.6. The van der Waals surface area contributed by atoms with Crippen molar-refractivity contribution in [2.24, 2.45) is 0 Å². The van der Waals surface area contributed by atoms with Gasteiger partial charge >= 0.3 is 5.97 Å². The van der Waals surface area contributed by atoms with Crippen molar-refractivity contribution in [2.45, 2.75) is 48.9 Å². The lowest BCUT2D eigenvalue weighted by molar-refractivity contribution is -0.133. The van der Waals surface area contributed by atoms with E-state index in [1.165, 1.54) is 12.8 Å². The van der Waals surface area contributed by atoms with Crippen molar-refractivity contribution in [1.29, 1.82) is 0 Å². The topological polar surface area (TPSA) is 26.3 Å². The molecular formula is C17H21IO2. The standard InChI is InChI=1S/C17H21IO2/c1-2-3-4-5-6-7-11-14-16(18)17(19)20-15-12-9-8-10-13-15/h1,8-10,12-13,16H,3-7,11,14H2. The molecule has 0 saturated carbocycles. The Morgan fingerprint density at radius 2 is 1.80 bits per heavy atom. The molecule has 1 rings (SSSR count). The van der Waals surface area contributed by atoms with Crippen molar-refractivity contribution in [3.05, 3.63) is 30.3 Å². The summed E-state index contributed by atoms with van der Waals surface area (Å²) >= 11 is 2.17. The molecule has 0 heterocycles. The number of carbonyl (C=O) groups is 1. The number of para-hydroxylation sites is 1. The quantitative estimate of drug-likeness (QED) is 0.153. The average Bonchev–Trinajstić information content (AvgIpc) is 2.47. The molecule has 0 aliphatic rings. The first-order valence-electron chi connectivity index (χ1n) is 7.08. The molecule has 0 bridgehead atoms. The maximum Gasteiger partial charge on any atom is 0.324 e. The summed E-state index contributed by atoms with van der Waals surface area (Å²) in [6.07, 6.45) is 12.7. The van der Waals surface area contributed by atoms with Gasteiger partial charge in [0.05, 0.1) is 0 Å². The molecule has 0 saturated heterocycles. The SMILES string of the molecule is C#CCCCCCCCC(I)C(=O)Oc1ccccc1. The van der Waals surface area contributed by atoms with Crippen molar-refractivity contribution in [2.75, 3.05) is 0 Å². The van der Waals surface area contributed by atoms with Gasteiger partial charge in [0.15, 0.2) is 0 Å². The Labute approximate surface area is 135 Å². The van der Waals surface area contributed by atoms with Crippen LogP contribution >= 0.6 is 22.6 Å². The Kier molecular flexibility index (Phi) is 9.14. The van der Waals surface area contributed by atoms with Gasteiger partial charge in [-0.3, -0.25) is 4.79 Å². The van der Waals surface area contributed by atoms with Crippen LogP contribution in [-0.2, 0) is 4.79 Å². The number of carbonyl (C=O) groups excluding carboxylic acids is 1. The molecule has 0 spiro atoms. The highest BCUT2D eigenvalue weighted by Crippen LogP contribution is 2.17. The molecule has 0 amide bonds. The minimum atomic E-state index is -0.149. The largest absolute Gasteiger partial charge is 0.426 e. The minimum absolute atomic E-state index is 0.0708. The highest BCUT2D eigenvalue weighted by Gasteiger charge is 2.16. The first-order valence-corrected chi connectivity index (χ1v) is 8.33. The van der Waals surface area contributed by atoms with E-state index in [-0.39, 0.29) is 9.89 Å². The van der Waals surface area contributed by atoms with Crippen molar-refractivity contribution < 1.29 is 9.53 Å². The normalized spacial score (nSPS) is 11.6. The number of ether oxygens (including phenoxy) is 1. The third kappa shape index (κ3) is 7.54. The van der Waals surface area contributed by atoms with Crippen LogP contribution in [0.3, 0.4) is 0 Å². The molecule has 0 fully saturated rings. The molecule has 1 aromatic rings. The van der Waals surface area contributed by atoms with E-state index in [1.807, 2.05) is 18.2 Å². The molecule has 108 valence electrons. The van der Waals surface area contributed by atoms with E-state index in [9.17, 15) is 4.79 Å². The number of hydrogen-bond acceptors (Lipinski definition) is 2. The van der Waals surface area contributed by atoms with Crippen molar-refractivity contribution in [3.63, 3.8) is 0 Å². The van der Waals surface area contributed by atoms with Crippen molar-refractivity contribution >= 4 is 28.6 Å². The molecule has 1 aromatic carbocycles. The Hall–Kier alpha value is -1.02. The van der Waals surface area contributed by atoms with Gasteiger partial charge in [-0.1, -0.05) is 66.5 Å². The van der Waals surface area contributed by atoms with E-state index < -0.39 is 0 Å². The van der Waals surface area contributed by atoms with Crippen LogP contribution in [0.5, 0.6) is 5.75 Å². The van der Waals surface area contributed by atoms with Crippen molar-refractivity contribution in [3.8, 4) is 18.1 Å². The number of terminal acetylenes is 1. The maximum atomic E-state index is 11.9. The van der Waals surface area contributed by atoms with E-state index in [4.69, 9.17) is 11.2 Å². The fraction of sp³-hybridized carbons (Fsp3) is 0.471. The van der Waals surface area contributed by atoms with Crippen LogP contribution < -0.4 is 4.74 Å². The molecule has 2 nitrogen and oxygen atoms in total. The van der Waals surface area contributed by atoms with Gasteiger partial charge in [-0.15, -0.1) is 12.3 Å². The Balaban J connectivity index is 2.11. The smallest absolute Gasteiger partial charge is 0.324 e. The summed E-state index contributed by atoms with van der Waals surface area (Å²) in [6, 6.07) is 9.22. The number of benzene rings is 1. The number of unbranched alkanes of at least 4 members (excludes halogenated alkanes) is 5. The maximum absolute atomic E-state index is 11.9. The number of alkyl halides is 1. The zero-order valence-electron chi connectivity index (χ0n) is 11.7. The summed E-state index contributed by atoms with van der Waals surface area (Å²) in [5.41, 5.74) is 0. The Morgan fingerprint density at radius 3 is 2.50 bits per heavy atom. The molecule has 1 unspecified atom stereocenters. The lowest BCUT2D eigenvalue weighted by Crippen LogP contribution is -2.20. The molecule has 3 heteroatoms. The van der Waals surface area contributed by atoms with Gasteiger partial charge in [-0.05, 0) is 25.0 Å². The highest BCUT2D eigenvalue weighted by atomic mass is 127. The number of hydrogen-bond donors (Lipinski definition) is 0. The summed E-state index contributed by atoms with van der Waals surface area (Å²) in [6.45, 7) is 0. The van der Waals surface area contributed by atoms with E-state index in [2.05, 4.69) is 28.5 Å². The number of halogens is 1. The third-order valence-corrected chi connectivity index (χ3v) is 4.13. The molecule has 0 aliphatic heterocycles. The Morgan fingerprint density at radius 1 is 1.15 bits per heavy atom. The van der Waals surface area contributed by atoms with Crippen molar-refractivity contribution in [1.82, 2.24) is 0 Å². The number of esters is 1. The third-order valence-electron chi connectivity index (χ3n) is 3.00. The molecule has 0 radical (unpaired) electrons. The van der Waals surface area contributed by atoms with Crippen LogP contribution in [0.2, 0.25) is 0 Å². The number of rotatable bonds is 9. The first kappa shape index (κ1) is 17.0. The first-order chi connectivity index (χ1) is 9.74. The van der Waals surface area contributed by atoms with E-state index >= 15 is 0 Å². The summed E-state index contributed by atoms with van der Waals surface area (Å²) in [5, 5.41) is 0. The van der Waals surface area contributed by atoms with Crippen LogP contribution in [0.15, 0.2) is 30.3 Å². The van der Waals surface area contributed by atoms with E-state index in [0.717, 1.165) is 32.1 Å². The zero-order valence-corrected chi connectivity index (χ0v) is 13.8. The fourth-order valence-corrected chi connectivity index (χ4v) is 2.43. The van der Waals surface area contributed by atoms with Crippen LogP contribution in [0, 0.1) is 12.3 Å². The summed E-state index contributed by atoms with van der Waals surface area (Å²) in [5.74, 6) is 3.12. The van der Waals surface area contributed by atoms with Gasteiger partial charge in [0, 0.05) is 6.42 Å². The minimum Gasteiger partial charge on any atom is -0.426 e. The molecule has 1 atom stereocenters. The van der Waals surface area contributed by atoms with E-state index in [1.54, 1.807) is 12.1 Å². The second-order valence-corrected chi connectivity index (χ2v) is 6.22. The van der Waals surface area contributed by atoms with Gasteiger partial charge in [-0.25, -0.2) is 0 Å². The molecule has 0 aliphatic carbocycles. The molecule has 0 N–H and O–H groups in total. The van der Waals surface area contributed by atoms with Gasteiger partial charge < -0.3 is 4.74 Å². The van der Waals surface area contributed by atoms with Gasteiger partial charge in [0.1, 0.15) is 9.67 Å². The average molecular weight is 384 g/mol. The van der Waals surface area contributed by atoms with Crippen LogP contribution in [-0.4, -0.2) is 9.89 Å². The lowest BCUT2D eigenvalue weighted by atomic mass is 10.1. The monoisotopic (exact) mass is 384 g/mol. The molecule has 0 aromatic heterocycles. The fourth-order valence-electron chi connectivity index (χ4n) is 1.87. The molecular weight excluding hydrogens is 363 g/mol. The van der Waals surface area contributed by atoms with Gasteiger partial charge in [-0.2, -0.15) is 0 Å². The highest BCUT2D eigenvalue weighted by molar-refractivity contribution is 14.1. The van der Waals surface area contributed by atoms with E-state index in [0.29, 0.717) is 5.75 Å². The summed E-state index contributed by atoms with van der Waals surface area (Å²) in [4.78, 5) is 11.9.